The fraction of sp³-hybridized carbons (Fsp3) is 0.929. The van der Waals surface area contributed by atoms with Gasteiger partial charge in [-0.2, -0.15) is 0 Å². The summed E-state index contributed by atoms with van der Waals surface area (Å²) in [7, 11) is 0. The summed E-state index contributed by atoms with van der Waals surface area (Å²) in [6.45, 7) is 8.26. The normalized spacial score (nSPS) is 32.2. The SMILES string of the molecule is CC(C)(C)N1C[C@@H](C(=O)O)[C@H](C2CCCC2)C1. The van der Waals surface area contributed by atoms with E-state index in [0.717, 1.165) is 13.1 Å². The predicted molar refractivity (Wildman–Crippen MR) is 67.9 cm³/mol. The molecule has 0 aromatic rings. The van der Waals surface area contributed by atoms with Crippen LogP contribution >= 0.6 is 0 Å². The number of carboxylic acids is 1. The third kappa shape index (κ3) is 2.65. The number of nitrogens with zero attached hydrogens (tertiary/aromatic N) is 1. The quantitative estimate of drug-likeness (QED) is 0.805. The number of carbonyl (C=O) groups is 1. The maximum atomic E-state index is 11.4. The fourth-order valence-corrected chi connectivity index (χ4v) is 3.50. The molecule has 0 bridgehead atoms. The van der Waals surface area contributed by atoms with Crippen molar-refractivity contribution in [2.45, 2.75) is 52.0 Å². The summed E-state index contributed by atoms with van der Waals surface area (Å²) in [6, 6.07) is 0. The molecule has 0 unspecified atom stereocenters. The Kier molecular flexibility index (Phi) is 3.48. The summed E-state index contributed by atoms with van der Waals surface area (Å²) in [5, 5.41) is 9.40. The molecule has 2 rings (SSSR count). The second-order valence-corrected chi connectivity index (χ2v) is 6.73. The van der Waals surface area contributed by atoms with Crippen LogP contribution in [0, 0.1) is 17.8 Å². The van der Waals surface area contributed by atoms with Crippen molar-refractivity contribution in [2.24, 2.45) is 17.8 Å². The van der Waals surface area contributed by atoms with Gasteiger partial charge in [0.1, 0.15) is 0 Å². The Hall–Kier alpha value is -0.570. The van der Waals surface area contributed by atoms with Gasteiger partial charge in [0.2, 0.25) is 0 Å². The van der Waals surface area contributed by atoms with Crippen LogP contribution in [-0.4, -0.2) is 34.6 Å². The molecule has 1 aliphatic heterocycles. The van der Waals surface area contributed by atoms with Crippen LogP contribution in [0.5, 0.6) is 0 Å². The molecule has 0 radical (unpaired) electrons. The van der Waals surface area contributed by atoms with Crippen molar-refractivity contribution >= 4 is 5.97 Å². The van der Waals surface area contributed by atoms with Crippen molar-refractivity contribution < 1.29 is 9.90 Å². The molecule has 2 fully saturated rings. The van der Waals surface area contributed by atoms with E-state index in [0.29, 0.717) is 11.8 Å². The molecule has 3 nitrogen and oxygen atoms in total. The molecule has 3 heteroatoms. The minimum atomic E-state index is -0.589. The molecule has 0 spiro atoms. The van der Waals surface area contributed by atoms with Gasteiger partial charge < -0.3 is 5.11 Å². The van der Waals surface area contributed by atoms with Crippen LogP contribution in [0.25, 0.3) is 0 Å². The first kappa shape index (κ1) is 12.9. The van der Waals surface area contributed by atoms with Gasteiger partial charge in [-0.15, -0.1) is 0 Å². The van der Waals surface area contributed by atoms with Gasteiger partial charge in [-0.25, -0.2) is 0 Å². The topological polar surface area (TPSA) is 40.5 Å². The average Bonchev–Trinajstić information content (AvgIpc) is 2.85. The lowest BCUT2D eigenvalue weighted by molar-refractivity contribution is -0.143. The van der Waals surface area contributed by atoms with Crippen molar-refractivity contribution in [3.63, 3.8) is 0 Å². The molecule has 17 heavy (non-hydrogen) atoms. The van der Waals surface area contributed by atoms with E-state index in [-0.39, 0.29) is 11.5 Å². The molecule has 1 N–H and O–H groups in total. The molecule has 98 valence electrons. The van der Waals surface area contributed by atoms with Gasteiger partial charge >= 0.3 is 5.97 Å². The molecule has 0 amide bonds. The summed E-state index contributed by atoms with van der Waals surface area (Å²) in [5.41, 5.74) is 0.0983. The zero-order valence-electron chi connectivity index (χ0n) is 11.3. The van der Waals surface area contributed by atoms with Gasteiger partial charge in [0.15, 0.2) is 0 Å². The first-order valence-electron chi connectivity index (χ1n) is 6.87. The van der Waals surface area contributed by atoms with Crippen LogP contribution in [0.15, 0.2) is 0 Å². The first-order chi connectivity index (χ1) is 7.89. The molecule has 1 heterocycles. The maximum Gasteiger partial charge on any atom is 0.308 e. The van der Waals surface area contributed by atoms with E-state index in [1.165, 1.54) is 25.7 Å². The number of aliphatic carboxylic acids is 1. The molecule has 0 aromatic heterocycles. The summed E-state index contributed by atoms with van der Waals surface area (Å²) < 4.78 is 0. The Morgan fingerprint density at radius 2 is 1.76 bits per heavy atom. The number of hydrogen-bond donors (Lipinski definition) is 1. The molecular weight excluding hydrogens is 214 g/mol. The first-order valence-corrected chi connectivity index (χ1v) is 6.87. The van der Waals surface area contributed by atoms with Crippen LogP contribution in [0.2, 0.25) is 0 Å². The average molecular weight is 239 g/mol. The minimum Gasteiger partial charge on any atom is -0.481 e. The van der Waals surface area contributed by atoms with Gasteiger partial charge in [0.05, 0.1) is 5.92 Å². The van der Waals surface area contributed by atoms with Crippen LogP contribution in [-0.2, 0) is 4.79 Å². The highest BCUT2D eigenvalue weighted by Gasteiger charge is 2.44. The fourth-order valence-electron chi connectivity index (χ4n) is 3.50. The molecule has 1 saturated heterocycles. The standard InChI is InChI=1S/C14H25NO2/c1-14(2,3)15-8-11(10-6-4-5-7-10)12(9-15)13(16)17/h10-12H,4-9H2,1-3H3,(H,16,17)/t11-,12+/m0/s1. The summed E-state index contributed by atoms with van der Waals surface area (Å²) in [5.74, 6) is 0.309. The Labute approximate surface area is 104 Å². The van der Waals surface area contributed by atoms with Crippen LogP contribution in [0.3, 0.4) is 0 Å². The summed E-state index contributed by atoms with van der Waals surface area (Å²) in [6.07, 6.45) is 5.07. The van der Waals surface area contributed by atoms with E-state index in [1.807, 2.05) is 0 Å². The van der Waals surface area contributed by atoms with Crippen LogP contribution in [0.4, 0.5) is 0 Å². The van der Waals surface area contributed by atoms with E-state index < -0.39 is 5.97 Å². The monoisotopic (exact) mass is 239 g/mol. The Morgan fingerprint density at radius 3 is 2.24 bits per heavy atom. The molecule has 1 aliphatic carbocycles. The number of hydrogen-bond acceptors (Lipinski definition) is 2. The van der Waals surface area contributed by atoms with E-state index in [2.05, 4.69) is 25.7 Å². The highest BCUT2D eigenvalue weighted by Crippen LogP contribution is 2.41. The Balaban J connectivity index is 2.10. The van der Waals surface area contributed by atoms with Crippen molar-refractivity contribution in [1.29, 1.82) is 0 Å². The molecule has 2 aliphatic rings. The lowest BCUT2D eigenvalue weighted by atomic mass is 9.83. The minimum absolute atomic E-state index is 0.0983. The van der Waals surface area contributed by atoms with Crippen molar-refractivity contribution in [2.75, 3.05) is 13.1 Å². The molecule has 1 saturated carbocycles. The van der Waals surface area contributed by atoms with E-state index in [1.54, 1.807) is 0 Å². The molecular formula is C14H25NO2. The number of likely N-dealkylation sites (tertiary alicyclic amines) is 1. The van der Waals surface area contributed by atoms with E-state index in [4.69, 9.17) is 0 Å². The zero-order chi connectivity index (χ0) is 12.6. The third-order valence-corrected chi connectivity index (χ3v) is 4.64. The van der Waals surface area contributed by atoms with Gasteiger partial charge in [0.25, 0.3) is 0 Å². The summed E-state index contributed by atoms with van der Waals surface area (Å²) in [4.78, 5) is 13.8. The van der Waals surface area contributed by atoms with Gasteiger partial charge in [-0.3, -0.25) is 9.69 Å². The highest BCUT2D eigenvalue weighted by molar-refractivity contribution is 5.71. The zero-order valence-corrected chi connectivity index (χ0v) is 11.3. The van der Waals surface area contributed by atoms with Gasteiger partial charge in [0, 0.05) is 18.6 Å². The smallest absolute Gasteiger partial charge is 0.308 e. The third-order valence-electron chi connectivity index (χ3n) is 4.64. The lowest BCUT2D eigenvalue weighted by Crippen LogP contribution is -2.40. The molecule has 2 atom stereocenters. The second kappa shape index (κ2) is 4.60. The van der Waals surface area contributed by atoms with E-state index >= 15 is 0 Å². The predicted octanol–water partition coefficient (Wildman–Crippen LogP) is 2.61. The second-order valence-electron chi connectivity index (χ2n) is 6.73. The highest BCUT2D eigenvalue weighted by atomic mass is 16.4. The number of rotatable bonds is 2. The largest absolute Gasteiger partial charge is 0.481 e. The molecule has 0 aromatic carbocycles. The van der Waals surface area contributed by atoms with Crippen LogP contribution < -0.4 is 0 Å². The summed E-state index contributed by atoms with van der Waals surface area (Å²) >= 11 is 0. The number of carboxylic acid groups (broad SMARTS) is 1. The van der Waals surface area contributed by atoms with Gasteiger partial charge in [-0.1, -0.05) is 25.7 Å². The lowest BCUT2D eigenvalue weighted by Gasteiger charge is -2.32. The van der Waals surface area contributed by atoms with Crippen molar-refractivity contribution in [1.82, 2.24) is 4.90 Å². The maximum absolute atomic E-state index is 11.4. The Bertz CT molecular complexity index is 289. The van der Waals surface area contributed by atoms with Crippen LogP contribution in [0.1, 0.15) is 46.5 Å². The van der Waals surface area contributed by atoms with Gasteiger partial charge in [-0.05, 0) is 32.6 Å². The van der Waals surface area contributed by atoms with E-state index in [9.17, 15) is 9.90 Å². The van der Waals surface area contributed by atoms with Crippen molar-refractivity contribution in [3.05, 3.63) is 0 Å². The Morgan fingerprint density at radius 1 is 1.18 bits per heavy atom. The van der Waals surface area contributed by atoms with Crippen molar-refractivity contribution in [3.8, 4) is 0 Å².